The first kappa shape index (κ1) is 20.6. The fourth-order valence-electron chi connectivity index (χ4n) is 1.99. The van der Waals surface area contributed by atoms with Crippen LogP contribution in [0.25, 0.3) is 11.5 Å². The number of hydrogen-bond donors (Lipinski definition) is 1. The minimum Gasteiger partial charge on any atom is -0.481 e. The molecule has 7 nitrogen and oxygen atoms in total. The lowest BCUT2D eigenvalue weighted by molar-refractivity contribution is -0.123. The molecule has 0 saturated heterocycles. The third-order valence-corrected chi connectivity index (χ3v) is 4.52. The number of hydrogen-bond acceptors (Lipinski definition) is 6. The average Bonchev–Trinajstić information content (AvgIpc) is 3.10. The minimum atomic E-state index is -0.536. The standard InChI is InChI=1S/C17H10BrCl3N4O3/c18-10-3-1-9(2-4-10)17-25-24-15(28-17)7-22-23-14(26)8-27-16-12(20)5-11(19)6-13(16)21/h1-7H,8H2,(H,23,26). The number of carbonyl (C=O) groups excluding carboxylic acids is 1. The van der Waals surface area contributed by atoms with Gasteiger partial charge >= 0.3 is 0 Å². The van der Waals surface area contributed by atoms with Gasteiger partial charge in [-0.3, -0.25) is 4.79 Å². The summed E-state index contributed by atoms with van der Waals surface area (Å²) < 4.78 is 11.7. The molecule has 1 N–H and O–H groups in total. The summed E-state index contributed by atoms with van der Waals surface area (Å²) in [4.78, 5) is 11.8. The highest BCUT2D eigenvalue weighted by molar-refractivity contribution is 9.10. The molecule has 2 aromatic carbocycles. The number of ether oxygens (including phenoxy) is 1. The highest BCUT2D eigenvalue weighted by atomic mass is 79.9. The van der Waals surface area contributed by atoms with Crippen LogP contribution in [0, 0.1) is 0 Å². The van der Waals surface area contributed by atoms with Crippen molar-refractivity contribution < 1.29 is 13.9 Å². The lowest BCUT2D eigenvalue weighted by atomic mass is 10.2. The van der Waals surface area contributed by atoms with Crippen LogP contribution in [-0.4, -0.2) is 28.9 Å². The van der Waals surface area contributed by atoms with Crippen molar-refractivity contribution in [3.63, 3.8) is 0 Å². The Labute approximate surface area is 182 Å². The molecule has 0 saturated carbocycles. The molecule has 1 aromatic heterocycles. The SMILES string of the molecule is O=C(COc1c(Cl)cc(Cl)cc1Cl)NN=Cc1nnc(-c2ccc(Br)cc2)o1. The maximum absolute atomic E-state index is 11.8. The molecule has 11 heteroatoms. The zero-order chi connectivity index (χ0) is 20.1. The summed E-state index contributed by atoms with van der Waals surface area (Å²) in [5.74, 6) is 0.0763. The van der Waals surface area contributed by atoms with Gasteiger partial charge in [0.1, 0.15) is 6.21 Å². The number of nitrogens with one attached hydrogen (secondary N) is 1. The van der Waals surface area contributed by atoms with E-state index in [0.29, 0.717) is 10.9 Å². The molecule has 28 heavy (non-hydrogen) atoms. The van der Waals surface area contributed by atoms with Crippen LogP contribution >= 0.6 is 50.7 Å². The Morgan fingerprint density at radius 1 is 1.18 bits per heavy atom. The molecule has 1 heterocycles. The van der Waals surface area contributed by atoms with E-state index in [1.807, 2.05) is 24.3 Å². The van der Waals surface area contributed by atoms with Gasteiger partial charge in [0.05, 0.1) is 10.0 Å². The van der Waals surface area contributed by atoms with Crippen molar-refractivity contribution in [1.29, 1.82) is 0 Å². The summed E-state index contributed by atoms with van der Waals surface area (Å²) in [5, 5.41) is 12.2. The molecule has 1 amide bonds. The Balaban J connectivity index is 1.54. The van der Waals surface area contributed by atoms with E-state index in [-0.39, 0.29) is 28.3 Å². The van der Waals surface area contributed by atoms with Gasteiger partial charge in [0.25, 0.3) is 11.8 Å². The van der Waals surface area contributed by atoms with Gasteiger partial charge in [0, 0.05) is 15.1 Å². The summed E-state index contributed by atoms with van der Waals surface area (Å²) in [6.07, 6.45) is 1.22. The number of benzene rings is 2. The van der Waals surface area contributed by atoms with Crippen LogP contribution in [0.1, 0.15) is 5.89 Å². The summed E-state index contributed by atoms with van der Waals surface area (Å²) in [6.45, 7) is -0.355. The van der Waals surface area contributed by atoms with Crippen LogP contribution in [0.15, 0.2) is 50.4 Å². The van der Waals surface area contributed by atoms with Gasteiger partial charge in [-0.05, 0) is 36.4 Å². The third kappa shape index (κ3) is 5.45. The second kappa shape index (κ2) is 9.38. The van der Waals surface area contributed by atoms with Crippen molar-refractivity contribution in [3.05, 3.63) is 61.8 Å². The first-order valence-electron chi connectivity index (χ1n) is 7.61. The number of hydrazone groups is 1. The molecule has 3 aromatic rings. The highest BCUT2D eigenvalue weighted by Gasteiger charge is 2.11. The maximum atomic E-state index is 11.8. The van der Waals surface area contributed by atoms with Gasteiger partial charge in [-0.25, -0.2) is 5.43 Å². The Morgan fingerprint density at radius 2 is 1.86 bits per heavy atom. The van der Waals surface area contributed by atoms with Crippen LogP contribution in [0.3, 0.4) is 0 Å². The molecule has 0 radical (unpaired) electrons. The predicted molar refractivity (Wildman–Crippen MR) is 110 cm³/mol. The monoisotopic (exact) mass is 502 g/mol. The van der Waals surface area contributed by atoms with E-state index in [4.69, 9.17) is 44.0 Å². The maximum Gasteiger partial charge on any atom is 0.277 e. The smallest absolute Gasteiger partial charge is 0.277 e. The zero-order valence-electron chi connectivity index (χ0n) is 13.8. The predicted octanol–water partition coefficient (Wildman–Crippen LogP) is 4.99. The van der Waals surface area contributed by atoms with Crippen molar-refractivity contribution in [3.8, 4) is 17.2 Å². The first-order valence-corrected chi connectivity index (χ1v) is 9.54. The van der Waals surface area contributed by atoms with Crippen LogP contribution in [-0.2, 0) is 4.79 Å². The molecule has 0 spiro atoms. The van der Waals surface area contributed by atoms with Crippen molar-refractivity contribution >= 4 is 62.9 Å². The molecule has 0 fully saturated rings. The van der Waals surface area contributed by atoms with E-state index < -0.39 is 5.91 Å². The summed E-state index contributed by atoms with van der Waals surface area (Å²) in [6, 6.07) is 10.3. The summed E-state index contributed by atoms with van der Waals surface area (Å²) in [5.41, 5.74) is 3.02. The average molecular weight is 505 g/mol. The fourth-order valence-corrected chi connectivity index (χ4v) is 3.18. The summed E-state index contributed by atoms with van der Waals surface area (Å²) >= 11 is 21.1. The molecular weight excluding hydrogens is 494 g/mol. The molecular formula is C17H10BrCl3N4O3. The molecule has 144 valence electrons. The normalized spacial score (nSPS) is 11.0. The summed E-state index contributed by atoms with van der Waals surface area (Å²) in [7, 11) is 0. The van der Waals surface area contributed by atoms with Crippen LogP contribution in [0.5, 0.6) is 5.75 Å². The molecule has 0 unspecified atom stereocenters. The molecule has 0 aliphatic rings. The van der Waals surface area contributed by atoms with E-state index in [9.17, 15) is 4.79 Å². The van der Waals surface area contributed by atoms with E-state index in [0.717, 1.165) is 10.0 Å². The molecule has 0 atom stereocenters. The Bertz CT molecular complexity index is 1000. The van der Waals surface area contributed by atoms with Crippen LogP contribution in [0.2, 0.25) is 15.1 Å². The van der Waals surface area contributed by atoms with E-state index in [2.05, 4.69) is 36.7 Å². The van der Waals surface area contributed by atoms with Crippen molar-refractivity contribution in [1.82, 2.24) is 15.6 Å². The van der Waals surface area contributed by atoms with Gasteiger partial charge in [0.2, 0.25) is 5.89 Å². The lowest BCUT2D eigenvalue weighted by Crippen LogP contribution is -2.24. The van der Waals surface area contributed by atoms with E-state index in [1.165, 1.54) is 18.3 Å². The molecule has 0 aliphatic carbocycles. The zero-order valence-corrected chi connectivity index (χ0v) is 17.7. The van der Waals surface area contributed by atoms with Crippen molar-refractivity contribution in [2.45, 2.75) is 0 Å². The van der Waals surface area contributed by atoms with Gasteiger partial charge in [0.15, 0.2) is 12.4 Å². The topological polar surface area (TPSA) is 89.6 Å². The van der Waals surface area contributed by atoms with Crippen molar-refractivity contribution in [2.24, 2.45) is 5.10 Å². The quantitative estimate of drug-likeness (QED) is 0.377. The Kier molecular flexibility index (Phi) is 6.90. The number of carbonyl (C=O) groups is 1. The minimum absolute atomic E-state index is 0.128. The van der Waals surface area contributed by atoms with E-state index in [1.54, 1.807) is 0 Å². The second-order valence-corrected chi connectivity index (χ2v) is 7.40. The van der Waals surface area contributed by atoms with Gasteiger partial charge in [-0.15, -0.1) is 10.2 Å². The lowest BCUT2D eigenvalue weighted by Gasteiger charge is -2.09. The van der Waals surface area contributed by atoms with Gasteiger partial charge in [-0.1, -0.05) is 50.7 Å². The number of nitrogens with zero attached hydrogens (tertiary/aromatic N) is 3. The highest BCUT2D eigenvalue weighted by Crippen LogP contribution is 2.35. The fraction of sp³-hybridized carbons (Fsp3) is 0.0588. The van der Waals surface area contributed by atoms with Gasteiger partial charge < -0.3 is 9.15 Å². The largest absolute Gasteiger partial charge is 0.481 e. The number of aromatic nitrogens is 2. The van der Waals surface area contributed by atoms with Crippen molar-refractivity contribution in [2.75, 3.05) is 6.61 Å². The first-order chi connectivity index (χ1) is 13.4. The van der Waals surface area contributed by atoms with Crippen LogP contribution in [0.4, 0.5) is 0 Å². The van der Waals surface area contributed by atoms with E-state index >= 15 is 0 Å². The third-order valence-electron chi connectivity index (χ3n) is 3.21. The van der Waals surface area contributed by atoms with Gasteiger partial charge in [-0.2, -0.15) is 5.10 Å². The number of rotatable bonds is 6. The number of amides is 1. The Hall–Kier alpha value is -2.13. The second-order valence-electron chi connectivity index (χ2n) is 5.23. The molecule has 0 bridgehead atoms. The Morgan fingerprint density at radius 3 is 2.54 bits per heavy atom. The van der Waals surface area contributed by atoms with Crippen LogP contribution < -0.4 is 10.2 Å². The molecule has 3 rings (SSSR count). The molecule has 0 aliphatic heterocycles. The number of halogens is 4.